The van der Waals surface area contributed by atoms with Crippen molar-refractivity contribution in [2.75, 3.05) is 19.0 Å². The molecule has 0 saturated heterocycles. The topological polar surface area (TPSA) is 60.9 Å². The number of nitrogens with zero attached hydrogens (tertiary/aromatic N) is 2. The molecule has 6 heteroatoms. The van der Waals surface area contributed by atoms with Gasteiger partial charge in [0.1, 0.15) is 0 Å². The Morgan fingerprint density at radius 2 is 2.23 bits per heavy atom. The summed E-state index contributed by atoms with van der Waals surface area (Å²) in [6.07, 6.45) is 5.19. The van der Waals surface area contributed by atoms with E-state index in [-0.39, 0.29) is 5.75 Å². The highest BCUT2D eigenvalue weighted by Gasteiger charge is 2.12. The van der Waals surface area contributed by atoms with E-state index in [1.165, 1.54) is 0 Å². The highest BCUT2D eigenvalue weighted by molar-refractivity contribution is 7.85. The molecule has 0 fully saturated rings. The van der Waals surface area contributed by atoms with Crippen LogP contribution in [0.1, 0.15) is 0 Å². The molecule has 5 nitrogen and oxygen atoms in total. The second-order valence-corrected chi connectivity index (χ2v) is 4.31. The zero-order chi connectivity index (χ0) is 9.90. The maximum atomic E-state index is 10.4. The van der Waals surface area contributed by atoms with Crippen molar-refractivity contribution in [2.45, 2.75) is 0 Å². The lowest BCUT2D eigenvalue weighted by molar-refractivity contribution is 0.326. The van der Waals surface area contributed by atoms with E-state index < -0.39 is 10.1 Å². The number of hydrogen-bond donors (Lipinski definition) is 1. The normalized spacial score (nSPS) is 16.7. The molecule has 0 bridgehead atoms. The SMILES string of the molecule is C=CN1C=CN(CCS(=O)(=O)O)C1. The molecule has 1 N–H and O–H groups in total. The average molecular weight is 204 g/mol. The second kappa shape index (κ2) is 3.80. The summed E-state index contributed by atoms with van der Waals surface area (Å²) >= 11 is 0. The lowest BCUT2D eigenvalue weighted by Crippen LogP contribution is -2.27. The molecule has 0 amide bonds. The van der Waals surface area contributed by atoms with Crippen molar-refractivity contribution in [2.24, 2.45) is 0 Å². The third-order valence-corrected chi connectivity index (χ3v) is 2.38. The van der Waals surface area contributed by atoms with Crippen molar-refractivity contribution >= 4 is 10.1 Å². The average Bonchev–Trinajstić information content (AvgIpc) is 2.47. The Balaban J connectivity index is 2.34. The van der Waals surface area contributed by atoms with E-state index in [0.29, 0.717) is 13.2 Å². The fourth-order valence-electron chi connectivity index (χ4n) is 0.980. The summed E-state index contributed by atoms with van der Waals surface area (Å²) in [5.41, 5.74) is 0. The van der Waals surface area contributed by atoms with Crippen LogP contribution < -0.4 is 0 Å². The van der Waals surface area contributed by atoms with Crippen LogP contribution in [0.5, 0.6) is 0 Å². The molecule has 0 unspecified atom stereocenters. The highest BCUT2D eigenvalue weighted by Crippen LogP contribution is 2.05. The predicted octanol–water partition coefficient (Wildman–Crippen LogP) is 0.0640. The van der Waals surface area contributed by atoms with Crippen molar-refractivity contribution < 1.29 is 13.0 Å². The summed E-state index contributed by atoms with van der Waals surface area (Å²) in [6, 6.07) is 0. The molecule has 0 saturated carbocycles. The van der Waals surface area contributed by atoms with Crippen LogP contribution in [-0.4, -0.2) is 41.7 Å². The molecule has 0 atom stereocenters. The largest absolute Gasteiger partial charge is 0.357 e. The van der Waals surface area contributed by atoms with E-state index in [9.17, 15) is 8.42 Å². The van der Waals surface area contributed by atoms with Gasteiger partial charge in [-0.1, -0.05) is 6.58 Å². The van der Waals surface area contributed by atoms with Gasteiger partial charge in [0.2, 0.25) is 0 Å². The van der Waals surface area contributed by atoms with Gasteiger partial charge in [0.25, 0.3) is 10.1 Å². The predicted molar refractivity (Wildman–Crippen MR) is 49.2 cm³/mol. The maximum Gasteiger partial charge on any atom is 0.266 e. The lowest BCUT2D eigenvalue weighted by atomic mass is 10.6. The van der Waals surface area contributed by atoms with Crippen molar-refractivity contribution in [3.8, 4) is 0 Å². The summed E-state index contributed by atoms with van der Waals surface area (Å²) < 4.78 is 29.3. The van der Waals surface area contributed by atoms with Gasteiger partial charge in [-0.3, -0.25) is 4.55 Å². The van der Waals surface area contributed by atoms with Gasteiger partial charge in [-0.05, 0) is 6.20 Å². The summed E-state index contributed by atoms with van der Waals surface area (Å²) in [6.45, 7) is 4.44. The summed E-state index contributed by atoms with van der Waals surface area (Å²) in [5, 5.41) is 0. The first kappa shape index (κ1) is 10.1. The molecule has 0 aromatic rings. The van der Waals surface area contributed by atoms with Crippen LogP contribution in [0.15, 0.2) is 25.2 Å². The van der Waals surface area contributed by atoms with Crippen molar-refractivity contribution in [3.63, 3.8) is 0 Å². The lowest BCUT2D eigenvalue weighted by Gasteiger charge is -2.17. The molecule has 0 aromatic heterocycles. The van der Waals surface area contributed by atoms with E-state index >= 15 is 0 Å². The van der Waals surface area contributed by atoms with Crippen molar-refractivity contribution in [1.29, 1.82) is 0 Å². The summed E-state index contributed by atoms with van der Waals surface area (Å²) in [7, 11) is -3.86. The monoisotopic (exact) mass is 204 g/mol. The molecule has 0 spiro atoms. The first-order valence-corrected chi connectivity index (χ1v) is 5.38. The Labute approximate surface area is 77.7 Å². The van der Waals surface area contributed by atoms with Gasteiger partial charge in [0.15, 0.2) is 0 Å². The van der Waals surface area contributed by atoms with Gasteiger partial charge in [-0.15, -0.1) is 0 Å². The zero-order valence-corrected chi connectivity index (χ0v) is 7.94. The molecule has 0 aromatic carbocycles. The second-order valence-electron chi connectivity index (χ2n) is 2.73. The van der Waals surface area contributed by atoms with Crippen LogP contribution in [-0.2, 0) is 10.1 Å². The first-order valence-electron chi connectivity index (χ1n) is 3.77. The quantitative estimate of drug-likeness (QED) is 0.656. The number of rotatable bonds is 4. The van der Waals surface area contributed by atoms with Crippen LogP contribution in [0.3, 0.4) is 0 Å². The van der Waals surface area contributed by atoms with Crippen LogP contribution in [0.25, 0.3) is 0 Å². The Kier molecular flexibility index (Phi) is 2.94. The zero-order valence-electron chi connectivity index (χ0n) is 7.13. The first-order chi connectivity index (χ1) is 6.01. The molecule has 0 radical (unpaired) electrons. The van der Waals surface area contributed by atoms with Crippen molar-refractivity contribution in [1.82, 2.24) is 9.80 Å². The molecular formula is C7H12N2O3S. The Morgan fingerprint density at radius 3 is 2.69 bits per heavy atom. The molecule has 13 heavy (non-hydrogen) atoms. The fourth-order valence-corrected chi connectivity index (χ4v) is 1.45. The minimum atomic E-state index is -3.86. The van der Waals surface area contributed by atoms with Gasteiger partial charge in [0, 0.05) is 18.9 Å². The minimum Gasteiger partial charge on any atom is -0.357 e. The fraction of sp³-hybridized carbons (Fsp3) is 0.429. The van der Waals surface area contributed by atoms with Gasteiger partial charge >= 0.3 is 0 Å². The van der Waals surface area contributed by atoms with Crippen LogP contribution in [0.4, 0.5) is 0 Å². The molecule has 1 rings (SSSR count). The highest BCUT2D eigenvalue weighted by atomic mass is 32.2. The molecule has 1 aliphatic heterocycles. The van der Waals surface area contributed by atoms with Gasteiger partial charge < -0.3 is 9.80 Å². The van der Waals surface area contributed by atoms with Crippen LogP contribution in [0.2, 0.25) is 0 Å². The van der Waals surface area contributed by atoms with Gasteiger partial charge in [0.05, 0.1) is 12.4 Å². The molecule has 74 valence electrons. The Hall–Kier alpha value is -1.01. The Bertz CT molecular complexity index is 310. The molecule has 1 aliphatic rings. The van der Waals surface area contributed by atoms with E-state index in [0.717, 1.165) is 0 Å². The molecule has 1 heterocycles. The standard InChI is InChI=1S/C7H12N2O3S/c1-2-8-3-4-9(7-8)5-6-13(10,11)12/h2-4H,1,5-7H2,(H,10,11,12). The molecular weight excluding hydrogens is 192 g/mol. The van der Waals surface area contributed by atoms with Crippen molar-refractivity contribution in [3.05, 3.63) is 25.2 Å². The molecule has 0 aliphatic carbocycles. The van der Waals surface area contributed by atoms with E-state index in [1.807, 2.05) is 4.90 Å². The van der Waals surface area contributed by atoms with Gasteiger partial charge in [-0.2, -0.15) is 8.42 Å². The number of hydrogen-bond acceptors (Lipinski definition) is 4. The third-order valence-electron chi connectivity index (χ3n) is 1.68. The van der Waals surface area contributed by atoms with E-state index in [1.54, 1.807) is 23.5 Å². The maximum absolute atomic E-state index is 10.4. The van der Waals surface area contributed by atoms with Crippen LogP contribution >= 0.6 is 0 Å². The van der Waals surface area contributed by atoms with E-state index in [2.05, 4.69) is 6.58 Å². The van der Waals surface area contributed by atoms with Gasteiger partial charge in [-0.25, -0.2) is 0 Å². The minimum absolute atomic E-state index is 0.248. The van der Waals surface area contributed by atoms with Crippen LogP contribution in [0, 0.1) is 0 Å². The Morgan fingerprint density at radius 1 is 1.54 bits per heavy atom. The summed E-state index contributed by atoms with van der Waals surface area (Å²) in [5.74, 6) is -0.248. The third kappa shape index (κ3) is 3.47. The van der Waals surface area contributed by atoms with E-state index in [4.69, 9.17) is 4.55 Å². The summed E-state index contributed by atoms with van der Waals surface area (Å²) in [4.78, 5) is 3.58. The smallest absolute Gasteiger partial charge is 0.266 e.